The lowest BCUT2D eigenvalue weighted by Gasteiger charge is -2.40. The Morgan fingerprint density at radius 1 is 1.07 bits per heavy atom. The third kappa shape index (κ3) is 5.94. The molecule has 2 aromatic carbocycles. The lowest BCUT2D eigenvalue weighted by atomic mass is 9.96. The van der Waals surface area contributed by atoms with E-state index in [1.807, 2.05) is 44.6 Å². The van der Waals surface area contributed by atoms with Gasteiger partial charge in [-0.25, -0.2) is 9.59 Å². The molecule has 1 saturated carbocycles. The zero-order valence-corrected chi connectivity index (χ0v) is 27.2. The standard InChI is InChI=1S/C34H37Cl2N3O5/c1-6-20-16-22(42-33(41)29-30(37-44-31(29)19-10-11-19)28-25(35)8-7-9-26(28)36)14-15-39(20)21-12-13-23-24(18-38(5)27(23)17-21)32(40)43-34(2,3)4/h7-9,12-13,17-20,22H,6,10-11,14-16H2,1-5H3/t20-,22-/m1/s1. The molecule has 8 nitrogen and oxygen atoms in total. The number of piperidine rings is 1. The van der Waals surface area contributed by atoms with E-state index in [4.69, 9.17) is 37.2 Å². The van der Waals surface area contributed by atoms with Gasteiger partial charge in [-0.05, 0) is 70.4 Å². The quantitative estimate of drug-likeness (QED) is 0.188. The van der Waals surface area contributed by atoms with Crippen LogP contribution in [0.1, 0.15) is 92.2 Å². The van der Waals surface area contributed by atoms with Crippen LogP contribution in [-0.4, -0.2) is 46.0 Å². The minimum absolute atomic E-state index is 0.147. The summed E-state index contributed by atoms with van der Waals surface area (Å²) in [7, 11) is 1.94. The normalized spacial score (nSPS) is 18.9. The second-order valence-electron chi connectivity index (χ2n) is 12.8. The van der Waals surface area contributed by atoms with Crippen molar-refractivity contribution in [2.75, 3.05) is 11.4 Å². The summed E-state index contributed by atoms with van der Waals surface area (Å²) >= 11 is 13.0. The van der Waals surface area contributed by atoms with Gasteiger partial charge in [-0.3, -0.25) is 0 Å². The number of ether oxygens (including phenoxy) is 2. The maximum absolute atomic E-state index is 13.8. The number of hydrogen-bond donors (Lipinski definition) is 0. The molecule has 1 aliphatic heterocycles. The molecule has 6 rings (SSSR count). The molecule has 0 spiro atoms. The number of fused-ring (bicyclic) bond motifs is 1. The highest BCUT2D eigenvalue weighted by atomic mass is 35.5. The first-order valence-corrected chi connectivity index (χ1v) is 15.9. The number of hydrogen-bond acceptors (Lipinski definition) is 7. The van der Waals surface area contributed by atoms with Crippen molar-refractivity contribution in [1.82, 2.24) is 9.72 Å². The van der Waals surface area contributed by atoms with Crippen molar-refractivity contribution < 1.29 is 23.6 Å². The molecule has 4 aromatic rings. The van der Waals surface area contributed by atoms with Crippen LogP contribution < -0.4 is 4.90 Å². The van der Waals surface area contributed by atoms with Crippen LogP contribution in [0, 0.1) is 0 Å². The van der Waals surface area contributed by atoms with Crippen LogP contribution in [0.15, 0.2) is 47.1 Å². The van der Waals surface area contributed by atoms with E-state index in [-0.39, 0.29) is 24.0 Å². The monoisotopic (exact) mass is 637 g/mol. The van der Waals surface area contributed by atoms with Gasteiger partial charge in [-0.15, -0.1) is 0 Å². The summed E-state index contributed by atoms with van der Waals surface area (Å²) < 4.78 is 19.5. The van der Waals surface area contributed by atoms with E-state index in [0.29, 0.717) is 57.6 Å². The minimum Gasteiger partial charge on any atom is -0.458 e. The van der Waals surface area contributed by atoms with Gasteiger partial charge in [0.25, 0.3) is 0 Å². The van der Waals surface area contributed by atoms with Crippen molar-refractivity contribution >= 4 is 51.7 Å². The maximum atomic E-state index is 13.8. The summed E-state index contributed by atoms with van der Waals surface area (Å²) in [6.07, 6.45) is 5.67. The third-order valence-electron chi connectivity index (χ3n) is 8.41. The predicted octanol–water partition coefficient (Wildman–Crippen LogP) is 8.58. The van der Waals surface area contributed by atoms with E-state index in [1.165, 1.54) is 0 Å². The maximum Gasteiger partial charge on any atom is 0.344 e. The SMILES string of the molecule is CC[C@@H]1C[C@H](OC(=O)c2c(-c3c(Cl)cccc3Cl)noc2C2CC2)CCN1c1ccc2c(C(=O)OC(C)(C)C)cn(C)c2c1. The molecule has 2 aliphatic rings. The van der Waals surface area contributed by atoms with E-state index >= 15 is 0 Å². The number of carbonyl (C=O) groups is 2. The van der Waals surface area contributed by atoms with Gasteiger partial charge in [0.05, 0.1) is 21.1 Å². The van der Waals surface area contributed by atoms with Gasteiger partial charge >= 0.3 is 11.9 Å². The zero-order chi connectivity index (χ0) is 31.3. The number of anilines is 1. The highest BCUT2D eigenvalue weighted by Gasteiger charge is 2.39. The van der Waals surface area contributed by atoms with E-state index in [9.17, 15) is 9.59 Å². The Labute approximate surface area is 267 Å². The molecule has 2 aromatic heterocycles. The van der Waals surface area contributed by atoms with Gasteiger partial charge in [-0.1, -0.05) is 41.3 Å². The van der Waals surface area contributed by atoms with Crippen molar-refractivity contribution in [2.45, 2.75) is 83.5 Å². The largest absolute Gasteiger partial charge is 0.458 e. The molecule has 2 fully saturated rings. The summed E-state index contributed by atoms with van der Waals surface area (Å²) in [6.45, 7) is 8.46. The number of aromatic nitrogens is 2. The van der Waals surface area contributed by atoms with Crippen LogP contribution in [-0.2, 0) is 16.5 Å². The van der Waals surface area contributed by atoms with Gasteiger partial charge in [0.15, 0.2) is 5.76 Å². The van der Waals surface area contributed by atoms with Gasteiger partial charge in [0, 0.05) is 61.2 Å². The minimum atomic E-state index is -0.571. The molecule has 0 bridgehead atoms. The summed E-state index contributed by atoms with van der Waals surface area (Å²) in [4.78, 5) is 29.0. The summed E-state index contributed by atoms with van der Waals surface area (Å²) in [5, 5.41) is 5.90. The summed E-state index contributed by atoms with van der Waals surface area (Å²) in [5.41, 5.74) is 3.14. The van der Waals surface area contributed by atoms with Crippen molar-refractivity contribution in [2.24, 2.45) is 7.05 Å². The molecular formula is C34H37Cl2N3O5. The van der Waals surface area contributed by atoms with Crippen LogP contribution in [0.25, 0.3) is 22.2 Å². The van der Waals surface area contributed by atoms with Crippen molar-refractivity contribution in [1.29, 1.82) is 0 Å². The summed E-state index contributed by atoms with van der Waals surface area (Å²) in [6, 6.07) is 11.5. The smallest absolute Gasteiger partial charge is 0.344 e. The fourth-order valence-electron chi connectivity index (χ4n) is 6.12. The Bertz CT molecular complexity index is 1710. The Hall–Kier alpha value is -3.49. The second kappa shape index (κ2) is 11.8. The van der Waals surface area contributed by atoms with Crippen LogP contribution in [0.3, 0.4) is 0 Å². The Kier molecular flexibility index (Phi) is 8.18. The molecule has 0 amide bonds. The fraction of sp³-hybridized carbons (Fsp3) is 0.441. The van der Waals surface area contributed by atoms with Gasteiger partial charge in [0.2, 0.25) is 0 Å². The Morgan fingerprint density at radius 2 is 1.80 bits per heavy atom. The number of aryl methyl sites for hydroxylation is 1. The van der Waals surface area contributed by atoms with E-state index < -0.39 is 11.6 Å². The van der Waals surface area contributed by atoms with E-state index in [2.05, 4.69) is 29.1 Å². The van der Waals surface area contributed by atoms with Crippen LogP contribution >= 0.6 is 23.2 Å². The first-order chi connectivity index (χ1) is 20.9. The van der Waals surface area contributed by atoms with Gasteiger partial charge in [-0.2, -0.15) is 0 Å². The molecule has 10 heteroatoms. The lowest BCUT2D eigenvalue weighted by Crippen LogP contribution is -2.45. The van der Waals surface area contributed by atoms with Crippen LogP contribution in [0.5, 0.6) is 0 Å². The van der Waals surface area contributed by atoms with Crippen LogP contribution in [0.2, 0.25) is 10.0 Å². The highest BCUT2D eigenvalue weighted by molar-refractivity contribution is 6.39. The number of rotatable bonds is 7. The Morgan fingerprint density at radius 3 is 2.45 bits per heavy atom. The molecule has 44 heavy (non-hydrogen) atoms. The van der Waals surface area contributed by atoms with Crippen molar-refractivity contribution in [3.8, 4) is 11.3 Å². The summed E-state index contributed by atoms with van der Waals surface area (Å²) in [5.74, 6) is -0.0875. The lowest BCUT2D eigenvalue weighted by molar-refractivity contribution is 0.00706. The highest BCUT2D eigenvalue weighted by Crippen LogP contribution is 2.46. The molecule has 3 heterocycles. The predicted molar refractivity (Wildman–Crippen MR) is 172 cm³/mol. The number of esters is 2. The average Bonchev–Trinajstić information content (AvgIpc) is 3.64. The second-order valence-corrected chi connectivity index (χ2v) is 13.6. The average molecular weight is 639 g/mol. The molecule has 1 aliphatic carbocycles. The number of benzene rings is 2. The molecule has 0 unspecified atom stereocenters. The molecule has 2 atom stereocenters. The molecular weight excluding hydrogens is 601 g/mol. The first-order valence-electron chi connectivity index (χ1n) is 15.2. The van der Waals surface area contributed by atoms with Gasteiger partial charge in [0.1, 0.15) is 23.0 Å². The third-order valence-corrected chi connectivity index (χ3v) is 9.04. The van der Waals surface area contributed by atoms with Gasteiger partial charge < -0.3 is 23.5 Å². The molecule has 1 saturated heterocycles. The van der Waals surface area contributed by atoms with Crippen molar-refractivity contribution in [3.05, 3.63) is 69.5 Å². The number of carbonyl (C=O) groups excluding carboxylic acids is 2. The van der Waals surface area contributed by atoms with Crippen LogP contribution in [0.4, 0.5) is 5.69 Å². The first kappa shape index (κ1) is 30.5. The van der Waals surface area contributed by atoms with E-state index in [1.54, 1.807) is 18.2 Å². The fourth-order valence-corrected chi connectivity index (χ4v) is 6.70. The molecule has 0 radical (unpaired) electrons. The number of nitrogens with zero attached hydrogens (tertiary/aromatic N) is 3. The topological polar surface area (TPSA) is 86.8 Å². The Balaban J connectivity index is 1.21. The zero-order valence-electron chi connectivity index (χ0n) is 25.7. The molecule has 232 valence electrons. The van der Waals surface area contributed by atoms with Crippen molar-refractivity contribution in [3.63, 3.8) is 0 Å². The number of halogens is 2. The van der Waals surface area contributed by atoms with E-state index in [0.717, 1.165) is 35.9 Å². The molecule has 0 N–H and O–H groups in total.